The predicted octanol–water partition coefficient (Wildman–Crippen LogP) is 2.34. The van der Waals surface area contributed by atoms with Crippen LogP contribution >= 0.6 is 27.3 Å². The van der Waals surface area contributed by atoms with E-state index in [-0.39, 0.29) is 0 Å². The normalized spacial score (nSPS) is 33.4. The number of hydrogen-bond acceptors (Lipinski definition) is 4. The number of fused-ring (bicyclic) bond motifs is 1. The van der Waals surface area contributed by atoms with E-state index in [9.17, 15) is 0 Å². The maximum absolute atomic E-state index is 4.56. The summed E-state index contributed by atoms with van der Waals surface area (Å²) >= 11 is 5.19. The van der Waals surface area contributed by atoms with E-state index in [1.165, 1.54) is 31.2 Å². The quantitative estimate of drug-likeness (QED) is 0.909. The van der Waals surface area contributed by atoms with Crippen molar-refractivity contribution in [1.82, 2.24) is 10.3 Å². The Morgan fingerprint density at radius 1 is 1.62 bits per heavy atom. The molecular formula is C11H16BrN3S. The molecule has 0 radical (unpaired) electrons. The van der Waals surface area contributed by atoms with Crippen molar-refractivity contribution in [3.63, 3.8) is 0 Å². The van der Waals surface area contributed by atoms with E-state index in [2.05, 4.69) is 43.4 Å². The molecule has 2 fully saturated rings. The molecule has 3 rings (SSSR count). The van der Waals surface area contributed by atoms with Crippen LogP contribution in [0.2, 0.25) is 0 Å². The largest absolute Gasteiger partial charge is 0.344 e. The van der Waals surface area contributed by atoms with E-state index in [4.69, 9.17) is 0 Å². The maximum atomic E-state index is 4.56. The third-order valence-electron chi connectivity index (χ3n) is 3.85. The Labute approximate surface area is 108 Å². The molecule has 0 bridgehead atoms. The van der Waals surface area contributed by atoms with Crippen LogP contribution in [-0.2, 0) is 0 Å². The summed E-state index contributed by atoms with van der Waals surface area (Å²) in [5.74, 6) is 1.65. The average Bonchev–Trinajstić information content (AvgIpc) is 2.90. The van der Waals surface area contributed by atoms with Gasteiger partial charge in [-0.05, 0) is 34.2 Å². The van der Waals surface area contributed by atoms with Crippen molar-refractivity contribution in [2.45, 2.75) is 19.4 Å². The number of hydrogen-bond donors (Lipinski definition) is 1. The highest BCUT2D eigenvalue weighted by atomic mass is 79.9. The Hall–Kier alpha value is -0.130. The lowest BCUT2D eigenvalue weighted by atomic mass is 9.93. The first-order valence-corrected chi connectivity index (χ1v) is 7.55. The summed E-state index contributed by atoms with van der Waals surface area (Å²) < 4.78 is 0.970. The van der Waals surface area contributed by atoms with Crippen LogP contribution in [0.15, 0.2) is 9.98 Å². The molecule has 2 aliphatic heterocycles. The fourth-order valence-electron chi connectivity index (χ4n) is 3.14. The van der Waals surface area contributed by atoms with Gasteiger partial charge in [0.15, 0.2) is 5.13 Å². The summed E-state index contributed by atoms with van der Waals surface area (Å²) in [6, 6.07) is 0.679. The Morgan fingerprint density at radius 2 is 2.50 bits per heavy atom. The van der Waals surface area contributed by atoms with Gasteiger partial charge in [0, 0.05) is 31.1 Å². The molecule has 0 aliphatic carbocycles. The van der Waals surface area contributed by atoms with Gasteiger partial charge in [-0.2, -0.15) is 0 Å². The predicted molar refractivity (Wildman–Crippen MR) is 71.1 cm³/mol. The summed E-state index contributed by atoms with van der Waals surface area (Å²) in [6.45, 7) is 5.84. The summed E-state index contributed by atoms with van der Waals surface area (Å²) in [6.07, 6.45) is 1.22. The number of thiazole rings is 1. The Kier molecular flexibility index (Phi) is 2.94. The molecule has 2 aliphatic rings. The molecule has 3 atom stereocenters. The highest BCUT2D eigenvalue weighted by Gasteiger charge is 2.43. The van der Waals surface area contributed by atoms with Gasteiger partial charge in [0.1, 0.15) is 4.60 Å². The summed E-state index contributed by atoms with van der Waals surface area (Å²) in [5.41, 5.74) is 0. The zero-order chi connectivity index (χ0) is 11.1. The number of rotatable bonds is 2. The topological polar surface area (TPSA) is 28.2 Å². The van der Waals surface area contributed by atoms with Crippen molar-refractivity contribution in [3.8, 4) is 0 Å². The lowest BCUT2D eigenvalue weighted by Crippen LogP contribution is -2.35. The number of nitrogens with zero attached hydrogens (tertiary/aromatic N) is 2. The fourth-order valence-corrected chi connectivity index (χ4v) is 4.46. The first-order chi connectivity index (χ1) is 7.79. The maximum Gasteiger partial charge on any atom is 0.186 e. The van der Waals surface area contributed by atoms with Crippen molar-refractivity contribution in [3.05, 3.63) is 9.98 Å². The van der Waals surface area contributed by atoms with E-state index >= 15 is 0 Å². The lowest BCUT2D eigenvalue weighted by molar-refractivity contribution is 0.442. The highest BCUT2D eigenvalue weighted by Crippen LogP contribution is 2.38. The SMILES string of the molecule is CCC1C2CNCC2CN1c1nc(Br)cs1. The van der Waals surface area contributed by atoms with Crippen LogP contribution in [0.1, 0.15) is 13.3 Å². The monoisotopic (exact) mass is 301 g/mol. The van der Waals surface area contributed by atoms with Gasteiger partial charge in [0.2, 0.25) is 0 Å². The van der Waals surface area contributed by atoms with Crippen LogP contribution < -0.4 is 10.2 Å². The van der Waals surface area contributed by atoms with Gasteiger partial charge >= 0.3 is 0 Å². The van der Waals surface area contributed by atoms with Gasteiger partial charge in [-0.25, -0.2) is 4.98 Å². The smallest absolute Gasteiger partial charge is 0.186 e. The molecule has 1 aromatic heterocycles. The molecule has 1 N–H and O–H groups in total. The van der Waals surface area contributed by atoms with Gasteiger partial charge in [-0.15, -0.1) is 11.3 Å². The number of halogens is 1. The van der Waals surface area contributed by atoms with Gasteiger partial charge in [0.25, 0.3) is 0 Å². The van der Waals surface area contributed by atoms with E-state index in [1.807, 2.05) is 0 Å². The first kappa shape index (κ1) is 11.0. The molecule has 0 aromatic carbocycles. The second-order valence-electron chi connectivity index (χ2n) is 4.66. The van der Waals surface area contributed by atoms with Crippen LogP contribution in [0, 0.1) is 11.8 Å². The van der Waals surface area contributed by atoms with Crippen molar-refractivity contribution in [1.29, 1.82) is 0 Å². The zero-order valence-corrected chi connectivity index (χ0v) is 11.7. The number of anilines is 1. The van der Waals surface area contributed by atoms with E-state index < -0.39 is 0 Å². The molecule has 0 spiro atoms. The second-order valence-corrected chi connectivity index (χ2v) is 6.31. The van der Waals surface area contributed by atoms with Crippen molar-refractivity contribution < 1.29 is 0 Å². The molecule has 3 heterocycles. The van der Waals surface area contributed by atoms with Crippen molar-refractivity contribution in [2.24, 2.45) is 11.8 Å². The molecule has 0 saturated carbocycles. The van der Waals surface area contributed by atoms with Crippen molar-refractivity contribution >= 4 is 32.4 Å². The minimum absolute atomic E-state index is 0.679. The molecule has 1 aromatic rings. The van der Waals surface area contributed by atoms with Gasteiger partial charge < -0.3 is 10.2 Å². The zero-order valence-electron chi connectivity index (χ0n) is 9.32. The van der Waals surface area contributed by atoms with Crippen LogP contribution in [0.5, 0.6) is 0 Å². The van der Waals surface area contributed by atoms with Crippen LogP contribution in [-0.4, -0.2) is 30.7 Å². The van der Waals surface area contributed by atoms with Gasteiger partial charge in [-0.1, -0.05) is 6.92 Å². The second kappa shape index (κ2) is 4.27. The molecule has 3 unspecified atom stereocenters. The van der Waals surface area contributed by atoms with E-state index in [0.717, 1.165) is 16.4 Å². The standard InChI is InChI=1S/C11H16BrN3S/c1-2-9-8-4-13-3-7(8)5-15(9)11-14-10(12)6-16-11/h6-9,13H,2-5H2,1H3. The Bertz CT molecular complexity index is 381. The minimum atomic E-state index is 0.679. The first-order valence-electron chi connectivity index (χ1n) is 5.88. The van der Waals surface area contributed by atoms with Crippen LogP contribution in [0.25, 0.3) is 0 Å². The van der Waals surface area contributed by atoms with Crippen LogP contribution in [0.4, 0.5) is 5.13 Å². The number of nitrogens with one attached hydrogen (secondary N) is 1. The Balaban J connectivity index is 1.85. The molecule has 2 saturated heterocycles. The molecular weight excluding hydrogens is 286 g/mol. The summed E-state index contributed by atoms with van der Waals surface area (Å²) in [4.78, 5) is 7.08. The Morgan fingerprint density at radius 3 is 3.19 bits per heavy atom. The van der Waals surface area contributed by atoms with E-state index in [0.29, 0.717) is 6.04 Å². The van der Waals surface area contributed by atoms with Crippen LogP contribution in [0.3, 0.4) is 0 Å². The van der Waals surface area contributed by atoms with Gasteiger partial charge in [-0.3, -0.25) is 0 Å². The van der Waals surface area contributed by atoms with Gasteiger partial charge in [0.05, 0.1) is 0 Å². The summed E-state index contributed by atoms with van der Waals surface area (Å²) in [7, 11) is 0. The highest BCUT2D eigenvalue weighted by molar-refractivity contribution is 9.10. The fraction of sp³-hybridized carbons (Fsp3) is 0.727. The molecule has 16 heavy (non-hydrogen) atoms. The molecule has 88 valence electrons. The molecule has 0 amide bonds. The van der Waals surface area contributed by atoms with Crippen molar-refractivity contribution in [2.75, 3.05) is 24.5 Å². The third-order valence-corrected chi connectivity index (χ3v) is 5.43. The third kappa shape index (κ3) is 1.69. The lowest BCUT2D eigenvalue weighted by Gasteiger charge is -2.26. The average molecular weight is 302 g/mol. The summed E-state index contributed by atoms with van der Waals surface area (Å²) in [5, 5.41) is 6.78. The molecule has 3 nitrogen and oxygen atoms in total. The minimum Gasteiger partial charge on any atom is -0.344 e. The number of aromatic nitrogens is 1. The van der Waals surface area contributed by atoms with E-state index in [1.54, 1.807) is 11.3 Å². The molecule has 5 heteroatoms.